The third-order valence-electron chi connectivity index (χ3n) is 1.29. The first-order chi connectivity index (χ1) is 5.04. The fraction of sp³-hybridized carbons (Fsp3) is 0.857. The number of carboxylic acids is 1. The van der Waals surface area contributed by atoms with Gasteiger partial charge in [-0.25, -0.2) is 0 Å². The highest BCUT2D eigenvalue weighted by molar-refractivity contribution is 8.00. The van der Waals surface area contributed by atoms with Gasteiger partial charge in [-0.3, -0.25) is 4.79 Å². The molecule has 0 aliphatic rings. The Labute approximate surface area is 71.3 Å². The van der Waals surface area contributed by atoms with Crippen LogP contribution in [0.15, 0.2) is 0 Å². The van der Waals surface area contributed by atoms with E-state index < -0.39 is 5.97 Å². The van der Waals surface area contributed by atoms with Gasteiger partial charge in [-0.05, 0) is 26.0 Å². The smallest absolute Gasteiger partial charge is 0.316 e. The fourth-order valence-corrected chi connectivity index (χ4v) is 1.51. The average molecular weight is 177 g/mol. The molecule has 0 saturated carbocycles. The predicted molar refractivity (Wildman–Crippen MR) is 47.8 cm³/mol. The average Bonchev–Trinajstić information content (AvgIpc) is 1.86. The van der Waals surface area contributed by atoms with Crippen LogP contribution in [0, 0.1) is 0 Å². The first kappa shape index (κ1) is 10.8. The summed E-state index contributed by atoms with van der Waals surface area (Å²) in [5, 5.41) is 8.18. The van der Waals surface area contributed by atoms with E-state index in [1.54, 1.807) is 6.92 Å². The first-order valence-electron chi connectivity index (χ1n) is 3.64. The summed E-state index contributed by atoms with van der Waals surface area (Å²) in [6, 6.07) is 0.170. The summed E-state index contributed by atoms with van der Waals surface area (Å²) < 4.78 is 0. The second-order valence-electron chi connectivity index (χ2n) is 2.62. The second kappa shape index (κ2) is 5.43. The lowest BCUT2D eigenvalue weighted by Gasteiger charge is -2.07. The predicted octanol–water partition coefficient (Wildman–Crippen LogP) is 0.930. The van der Waals surface area contributed by atoms with E-state index >= 15 is 0 Å². The number of thioether (sulfide) groups is 1. The van der Waals surface area contributed by atoms with Crippen LogP contribution in [0.1, 0.15) is 20.3 Å². The molecule has 0 saturated heterocycles. The van der Waals surface area contributed by atoms with E-state index in [-0.39, 0.29) is 11.3 Å². The Morgan fingerprint density at radius 2 is 2.18 bits per heavy atom. The molecule has 0 aliphatic heterocycles. The molecule has 11 heavy (non-hydrogen) atoms. The molecule has 0 aromatic rings. The van der Waals surface area contributed by atoms with E-state index in [2.05, 4.69) is 0 Å². The highest BCUT2D eigenvalue weighted by atomic mass is 32.2. The van der Waals surface area contributed by atoms with Crippen molar-refractivity contribution >= 4 is 17.7 Å². The van der Waals surface area contributed by atoms with E-state index in [1.165, 1.54) is 11.8 Å². The number of aliphatic carboxylic acids is 1. The summed E-state index contributed by atoms with van der Waals surface area (Å²) in [4.78, 5) is 10.3. The van der Waals surface area contributed by atoms with Crippen molar-refractivity contribution in [2.75, 3.05) is 5.75 Å². The number of carbonyl (C=O) groups is 1. The maximum absolute atomic E-state index is 10.3. The number of carboxylic acid groups (broad SMARTS) is 1. The highest BCUT2D eigenvalue weighted by Gasteiger charge is 2.10. The first-order valence-corrected chi connectivity index (χ1v) is 4.69. The minimum absolute atomic E-state index is 0.170. The molecule has 0 bridgehead atoms. The summed E-state index contributed by atoms with van der Waals surface area (Å²) in [5.41, 5.74) is 5.49. The molecule has 3 N–H and O–H groups in total. The summed E-state index contributed by atoms with van der Waals surface area (Å²) >= 11 is 1.43. The SMILES string of the molecule is CC(N)CCSC(C)C(=O)O. The van der Waals surface area contributed by atoms with Gasteiger partial charge in [0.15, 0.2) is 0 Å². The Kier molecular flexibility index (Phi) is 5.32. The van der Waals surface area contributed by atoms with Gasteiger partial charge in [0.1, 0.15) is 0 Å². The largest absolute Gasteiger partial charge is 0.480 e. The highest BCUT2D eigenvalue weighted by Crippen LogP contribution is 2.11. The summed E-state index contributed by atoms with van der Waals surface area (Å²) in [6.07, 6.45) is 0.877. The number of nitrogens with two attached hydrogens (primary N) is 1. The van der Waals surface area contributed by atoms with E-state index in [0.29, 0.717) is 0 Å². The molecular formula is C7H15NO2S. The zero-order chi connectivity index (χ0) is 8.85. The minimum Gasteiger partial charge on any atom is -0.480 e. The van der Waals surface area contributed by atoms with Crippen LogP contribution < -0.4 is 5.73 Å². The van der Waals surface area contributed by atoms with Crippen molar-refractivity contribution in [2.45, 2.75) is 31.6 Å². The molecule has 4 heteroatoms. The van der Waals surface area contributed by atoms with Gasteiger partial charge in [-0.15, -0.1) is 11.8 Å². The standard InChI is InChI=1S/C7H15NO2S/c1-5(8)3-4-11-6(2)7(9)10/h5-6H,3-4,8H2,1-2H3,(H,9,10). The second-order valence-corrected chi connectivity index (χ2v) is 4.07. The lowest BCUT2D eigenvalue weighted by atomic mass is 10.3. The van der Waals surface area contributed by atoms with Crippen molar-refractivity contribution in [3.05, 3.63) is 0 Å². The molecule has 0 amide bonds. The van der Waals surface area contributed by atoms with Crippen LogP contribution in [0.2, 0.25) is 0 Å². The monoisotopic (exact) mass is 177 g/mol. The summed E-state index contributed by atoms with van der Waals surface area (Å²) in [6.45, 7) is 3.61. The minimum atomic E-state index is -0.750. The Morgan fingerprint density at radius 1 is 1.64 bits per heavy atom. The van der Waals surface area contributed by atoms with Crippen LogP contribution in [0.4, 0.5) is 0 Å². The van der Waals surface area contributed by atoms with Gasteiger partial charge in [0.25, 0.3) is 0 Å². The molecular weight excluding hydrogens is 162 g/mol. The molecule has 0 rings (SSSR count). The van der Waals surface area contributed by atoms with E-state index in [0.717, 1.165) is 12.2 Å². The topological polar surface area (TPSA) is 63.3 Å². The summed E-state index contributed by atoms with van der Waals surface area (Å²) in [7, 11) is 0. The third kappa shape index (κ3) is 6.19. The molecule has 0 aliphatic carbocycles. The molecule has 0 heterocycles. The Balaban J connectivity index is 3.31. The molecule has 0 aromatic heterocycles. The Hall–Kier alpha value is -0.220. The van der Waals surface area contributed by atoms with Gasteiger partial charge >= 0.3 is 5.97 Å². The van der Waals surface area contributed by atoms with Gasteiger partial charge in [0, 0.05) is 6.04 Å². The molecule has 0 fully saturated rings. The Bertz CT molecular complexity index is 128. The molecule has 0 radical (unpaired) electrons. The molecule has 2 atom stereocenters. The molecule has 2 unspecified atom stereocenters. The van der Waals surface area contributed by atoms with Crippen LogP contribution in [0.5, 0.6) is 0 Å². The molecule has 66 valence electrons. The van der Waals surface area contributed by atoms with Crippen LogP contribution in [0.3, 0.4) is 0 Å². The van der Waals surface area contributed by atoms with Crippen molar-refractivity contribution in [1.29, 1.82) is 0 Å². The maximum atomic E-state index is 10.3. The lowest BCUT2D eigenvalue weighted by Crippen LogP contribution is -2.17. The third-order valence-corrected chi connectivity index (χ3v) is 2.46. The van der Waals surface area contributed by atoms with E-state index in [9.17, 15) is 4.79 Å². The zero-order valence-electron chi connectivity index (χ0n) is 6.91. The van der Waals surface area contributed by atoms with Crippen molar-refractivity contribution in [1.82, 2.24) is 0 Å². The van der Waals surface area contributed by atoms with Crippen molar-refractivity contribution in [2.24, 2.45) is 5.73 Å². The number of hydrogen-bond donors (Lipinski definition) is 2. The normalized spacial score (nSPS) is 15.9. The van der Waals surface area contributed by atoms with Gasteiger partial charge in [0.2, 0.25) is 0 Å². The van der Waals surface area contributed by atoms with Crippen molar-refractivity contribution in [3.8, 4) is 0 Å². The Morgan fingerprint density at radius 3 is 2.55 bits per heavy atom. The van der Waals surface area contributed by atoms with Gasteiger partial charge < -0.3 is 10.8 Å². The van der Waals surface area contributed by atoms with Gasteiger partial charge in [-0.1, -0.05) is 0 Å². The van der Waals surface area contributed by atoms with Gasteiger partial charge in [-0.2, -0.15) is 0 Å². The quantitative estimate of drug-likeness (QED) is 0.655. The fourth-order valence-electron chi connectivity index (χ4n) is 0.502. The van der Waals surface area contributed by atoms with E-state index in [1.807, 2.05) is 6.92 Å². The molecule has 0 aromatic carbocycles. The van der Waals surface area contributed by atoms with E-state index in [4.69, 9.17) is 10.8 Å². The van der Waals surface area contributed by atoms with Crippen LogP contribution in [0.25, 0.3) is 0 Å². The van der Waals surface area contributed by atoms with Crippen molar-refractivity contribution in [3.63, 3.8) is 0 Å². The maximum Gasteiger partial charge on any atom is 0.316 e. The lowest BCUT2D eigenvalue weighted by molar-refractivity contribution is -0.136. The van der Waals surface area contributed by atoms with Crippen LogP contribution in [-0.4, -0.2) is 28.1 Å². The van der Waals surface area contributed by atoms with Crippen molar-refractivity contribution < 1.29 is 9.90 Å². The number of rotatable bonds is 5. The van der Waals surface area contributed by atoms with Gasteiger partial charge in [0.05, 0.1) is 5.25 Å². The summed E-state index contributed by atoms with van der Waals surface area (Å²) in [5.74, 6) is 0.0742. The van der Waals surface area contributed by atoms with Crippen LogP contribution >= 0.6 is 11.8 Å². The number of hydrogen-bond acceptors (Lipinski definition) is 3. The zero-order valence-corrected chi connectivity index (χ0v) is 7.73. The molecule has 0 spiro atoms. The van der Waals surface area contributed by atoms with Crippen LogP contribution in [-0.2, 0) is 4.79 Å². The molecule has 3 nitrogen and oxygen atoms in total.